The van der Waals surface area contributed by atoms with Crippen LogP contribution in [0, 0.1) is 0 Å². The van der Waals surface area contributed by atoms with Gasteiger partial charge in [0.2, 0.25) is 11.8 Å². The maximum absolute atomic E-state index is 11.9. The van der Waals surface area contributed by atoms with Gasteiger partial charge in [0, 0.05) is 0 Å². The van der Waals surface area contributed by atoms with E-state index in [1.807, 2.05) is 0 Å². The number of anilines is 2. The van der Waals surface area contributed by atoms with Crippen molar-refractivity contribution < 1.29 is 19.1 Å². The van der Waals surface area contributed by atoms with Crippen molar-refractivity contribution in [2.24, 2.45) is 0 Å². The summed E-state index contributed by atoms with van der Waals surface area (Å²) in [5.74, 6) is -1.29. The molecular weight excluding hydrogens is 264 g/mol. The Hall–Kier alpha value is -2.64. The number of ether oxygens (including phenoxy) is 1. The molecule has 0 radical (unpaired) electrons. The number of imide groups is 1. The fraction of sp³-hybridized carbons (Fsp3) is 0.333. The fourth-order valence-corrected chi connectivity index (χ4v) is 1.87. The van der Waals surface area contributed by atoms with E-state index in [9.17, 15) is 14.4 Å². The van der Waals surface area contributed by atoms with Crippen LogP contribution in [0.1, 0.15) is 17.3 Å². The van der Waals surface area contributed by atoms with Gasteiger partial charge in [0.15, 0.2) is 0 Å². The van der Waals surface area contributed by atoms with E-state index in [2.05, 4.69) is 10.3 Å². The van der Waals surface area contributed by atoms with Crippen molar-refractivity contribution in [3.63, 3.8) is 0 Å². The lowest BCUT2D eigenvalue weighted by Crippen LogP contribution is -2.52. The summed E-state index contributed by atoms with van der Waals surface area (Å²) < 4.78 is 4.92. The van der Waals surface area contributed by atoms with E-state index >= 15 is 0 Å². The molecule has 0 aliphatic carbocycles. The van der Waals surface area contributed by atoms with Gasteiger partial charge in [0.1, 0.15) is 11.4 Å². The second-order valence-corrected chi connectivity index (χ2v) is 4.19. The number of piperazine rings is 1. The van der Waals surface area contributed by atoms with Gasteiger partial charge >= 0.3 is 5.97 Å². The SMILES string of the molecule is CCOC(=O)c1cc(N)cnc1N1CC(=O)NC(=O)C1. The molecule has 2 rings (SSSR count). The summed E-state index contributed by atoms with van der Waals surface area (Å²) in [6.07, 6.45) is 1.36. The van der Waals surface area contributed by atoms with Crippen LogP contribution in [-0.4, -0.2) is 42.5 Å². The molecule has 1 saturated heterocycles. The third-order valence-electron chi connectivity index (χ3n) is 2.63. The standard InChI is InChI=1S/C12H14N4O4/c1-2-20-12(19)8-3-7(13)4-14-11(8)16-5-9(17)15-10(18)6-16/h3-4H,2,5-6,13H2,1H3,(H,15,17,18). The number of rotatable bonds is 3. The zero-order valence-electron chi connectivity index (χ0n) is 10.9. The number of carbonyl (C=O) groups excluding carboxylic acids is 3. The molecule has 0 aromatic carbocycles. The maximum Gasteiger partial charge on any atom is 0.341 e. The van der Waals surface area contributed by atoms with Crippen molar-refractivity contribution >= 4 is 29.3 Å². The Morgan fingerprint density at radius 2 is 2.10 bits per heavy atom. The summed E-state index contributed by atoms with van der Waals surface area (Å²) in [5.41, 5.74) is 6.04. The average Bonchev–Trinajstić information content (AvgIpc) is 2.37. The first-order valence-corrected chi connectivity index (χ1v) is 6.01. The summed E-state index contributed by atoms with van der Waals surface area (Å²) in [6, 6.07) is 1.41. The maximum atomic E-state index is 11.9. The molecule has 0 bridgehead atoms. The van der Waals surface area contributed by atoms with Crippen molar-refractivity contribution in [2.45, 2.75) is 6.92 Å². The van der Waals surface area contributed by atoms with E-state index in [0.29, 0.717) is 5.69 Å². The molecule has 8 nitrogen and oxygen atoms in total. The highest BCUT2D eigenvalue weighted by molar-refractivity contribution is 6.04. The molecule has 1 aliphatic heterocycles. The van der Waals surface area contributed by atoms with Crippen LogP contribution >= 0.6 is 0 Å². The van der Waals surface area contributed by atoms with Crippen LogP contribution in [0.2, 0.25) is 0 Å². The molecule has 20 heavy (non-hydrogen) atoms. The van der Waals surface area contributed by atoms with Gasteiger partial charge in [-0.3, -0.25) is 14.9 Å². The molecule has 1 aliphatic rings. The van der Waals surface area contributed by atoms with Crippen LogP contribution in [0.4, 0.5) is 11.5 Å². The highest BCUT2D eigenvalue weighted by Gasteiger charge is 2.27. The Morgan fingerprint density at radius 3 is 2.70 bits per heavy atom. The number of nitrogen functional groups attached to an aromatic ring is 1. The quantitative estimate of drug-likeness (QED) is 0.555. The predicted molar refractivity (Wildman–Crippen MR) is 70.0 cm³/mol. The number of nitrogens with two attached hydrogens (primary N) is 1. The molecule has 1 aromatic rings. The molecule has 106 valence electrons. The van der Waals surface area contributed by atoms with Gasteiger partial charge in [-0.05, 0) is 13.0 Å². The highest BCUT2D eigenvalue weighted by Crippen LogP contribution is 2.21. The second-order valence-electron chi connectivity index (χ2n) is 4.19. The Bertz CT molecular complexity index is 557. The lowest BCUT2D eigenvalue weighted by Gasteiger charge is -2.27. The molecule has 0 unspecified atom stereocenters. The molecule has 0 spiro atoms. The molecule has 0 atom stereocenters. The number of aromatic nitrogens is 1. The van der Waals surface area contributed by atoms with E-state index in [1.165, 1.54) is 17.2 Å². The van der Waals surface area contributed by atoms with Gasteiger partial charge in [-0.15, -0.1) is 0 Å². The van der Waals surface area contributed by atoms with Crippen LogP contribution in [0.25, 0.3) is 0 Å². The minimum Gasteiger partial charge on any atom is -0.462 e. The number of nitrogens with one attached hydrogen (secondary N) is 1. The van der Waals surface area contributed by atoms with Crippen LogP contribution in [0.5, 0.6) is 0 Å². The number of hydrogen-bond acceptors (Lipinski definition) is 7. The van der Waals surface area contributed by atoms with E-state index in [0.717, 1.165) is 0 Å². The highest BCUT2D eigenvalue weighted by atomic mass is 16.5. The van der Waals surface area contributed by atoms with Gasteiger partial charge in [-0.1, -0.05) is 0 Å². The zero-order chi connectivity index (χ0) is 14.7. The molecule has 8 heteroatoms. The summed E-state index contributed by atoms with van der Waals surface area (Å²) in [6.45, 7) is 1.76. The summed E-state index contributed by atoms with van der Waals surface area (Å²) in [7, 11) is 0. The van der Waals surface area contributed by atoms with Gasteiger partial charge in [0.25, 0.3) is 0 Å². The molecule has 2 amide bonds. The largest absolute Gasteiger partial charge is 0.462 e. The van der Waals surface area contributed by atoms with Crippen LogP contribution in [0.15, 0.2) is 12.3 Å². The molecule has 2 heterocycles. The molecule has 3 N–H and O–H groups in total. The van der Waals surface area contributed by atoms with E-state index < -0.39 is 17.8 Å². The van der Waals surface area contributed by atoms with Crippen LogP contribution in [-0.2, 0) is 14.3 Å². The molecule has 1 aromatic heterocycles. The van der Waals surface area contributed by atoms with Crippen molar-refractivity contribution in [1.29, 1.82) is 0 Å². The summed E-state index contributed by atoms with van der Waals surface area (Å²) in [4.78, 5) is 40.1. The third-order valence-corrected chi connectivity index (χ3v) is 2.63. The minimum atomic E-state index is -0.597. The van der Waals surface area contributed by atoms with Crippen molar-refractivity contribution in [3.05, 3.63) is 17.8 Å². The van der Waals surface area contributed by atoms with E-state index in [1.54, 1.807) is 6.92 Å². The van der Waals surface area contributed by atoms with Crippen molar-refractivity contribution in [2.75, 3.05) is 30.3 Å². The van der Waals surface area contributed by atoms with Crippen LogP contribution in [0.3, 0.4) is 0 Å². The predicted octanol–water partition coefficient (Wildman–Crippen LogP) is -0.697. The van der Waals surface area contributed by atoms with Gasteiger partial charge in [-0.25, -0.2) is 9.78 Å². The normalized spacial score (nSPS) is 14.9. The average molecular weight is 278 g/mol. The summed E-state index contributed by atoms with van der Waals surface area (Å²) >= 11 is 0. The van der Waals surface area contributed by atoms with E-state index in [-0.39, 0.29) is 31.1 Å². The smallest absolute Gasteiger partial charge is 0.341 e. The third kappa shape index (κ3) is 2.85. The Morgan fingerprint density at radius 1 is 1.45 bits per heavy atom. The van der Waals surface area contributed by atoms with Crippen molar-refractivity contribution in [1.82, 2.24) is 10.3 Å². The number of nitrogens with zero attached hydrogens (tertiary/aromatic N) is 2. The first kappa shape index (κ1) is 13.8. The van der Waals surface area contributed by atoms with Crippen LogP contribution < -0.4 is 16.0 Å². The number of hydrogen-bond donors (Lipinski definition) is 2. The lowest BCUT2D eigenvalue weighted by molar-refractivity contribution is -0.130. The topological polar surface area (TPSA) is 115 Å². The molecular formula is C12H14N4O4. The monoisotopic (exact) mass is 278 g/mol. The van der Waals surface area contributed by atoms with Gasteiger partial charge in [-0.2, -0.15) is 0 Å². The Kier molecular flexibility index (Phi) is 3.83. The fourth-order valence-electron chi connectivity index (χ4n) is 1.87. The molecule has 0 saturated carbocycles. The zero-order valence-corrected chi connectivity index (χ0v) is 10.9. The number of esters is 1. The second kappa shape index (κ2) is 5.55. The number of amides is 2. The summed E-state index contributed by atoms with van der Waals surface area (Å²) in [5, 5.41) is 2.18. The van der Waals surface area contributed by atoms with E-state index in [4.69, 9.17) is 10.5 Å². The Labute approximate surface area is 114 Å². The lowest BCUT2D eigenvalue weighted by atomic mass is 10.2. The van der Waals surface area contributed by atoms with Crippen molar-refractivity contribution in [3.8, 4) is 0 Å². The number of pyridine rings is 1. The van der Waals surface area contributed by atoms with Gasteiger partial charge < -0.3 is 15.4 Å². The minimum absolute atomic E-state index is 0.0605. The Balaban J connectivity index is 2.37. The first-order chi connectivity index (χ1) is 9.51. The molecule has 1 fully saturated rings. The first-order valence-electron chi connectivity index (χ1n) is 6.01. The number of carbonyl (C=O) groups is 3. The van der Waals surface area contributed by atoms with Gasteiger partial charge in [0.05, 0.1) is 31.6 Å².